The summed E-state index contributed by atoms with van der Waals surface area (Å²) in [5.74, 6) is 0.716. The van der Waals surface area contributed by atoms with Gasteiger partial charge in [0.05, 0.1) is 5.69 Å². The van der Waals surface area contributed by atoms with Crippen LogP contribution in [0.2, 0.25) is 0 Å². The van der Waals surface area contributed by atoms with E-state index in [1.54, 1.807) is 5.57 Å². The zero-order valence-electron chi connectivity index (χ0n) is 15.3. The van der Waals surface area contributed by atoms with Crippen LogP contribution in [0.3, 0.4) is 0 Å². The summed E-state index contributed by atoms with van der Waals surface area (Å²) in [6.07, 6.45) is 8.35. The Hall–Kier alpha value is -1.22. The molecule has 0 amide bonds. The van der Waals surface area contributed by atoms with Crippen LogP contribution < -0.4 is 11.5 Å². The van der Waals surface area contributed by atoms with Crippen LogP contribution in [-0.2, 0) is 0 Å². The number of allylic oxidation sites excluding steroid dienone is 3. The predicted molar refractivity (Wildman–Crippen MR) is 106 cm³/mol. The minimum atomic E-state index is 0.341. The molecule has 1 aliphatic rings. The Morgan fingerprint density at radius 3 is 2.57 bits per heavy atom. The highest BCUT2D eigenvalue weighted by Gasteiger charge is 2.29. The van der Waals surface area contributed by atoms with Gasteiger partial charge in [-0.25, -0.2) is 0 Å². The van der Waals surface area contributed by atoms with Gasteiger partial charge in [0.1, 0.15) is 5.00 Å². The lowest BCUT2D eigenvalue weighted by Gasteiger charge is -2.30. The molecule has 23 heavy (non-hydrogen) atoms. The van der Waals surface area contributed by atoms with Crippen molar-refractivity contribution in [3.05, 3.63) is 27.7 Å². The molecule has 0 spiro atoms. The lowest BCUT2D eigenvalue weighted by Crippen LogP contribution is -2.20. The van der Waals surface area contributed by atoms with Crippen LogP contribution >= 0.6 is 11.3 Å². The fourth-order valence-electron chi connectivity index (χ4n) is 3.46. The van der Waals surface area contributed by atoms with E-state index in [2.05, 4.69) is 46.1 Å². The van der Waals surface area contributed by atoms with Crippen LogP contribution in [0.4, 0.5) is 10.7 Å². The van der Waals surface area contributed by atoms with E-state index in [9.17, 15) is 0 Å². The quantitative estimate of drug-likeness (QED) is 0.628. The maximum atomic E-state index is 6.16. The van der Waals surface area contributed by atoms with Gasteiger partial charge in [0.15, 0.2) is 0 Å². The first-order valence-electron chi connectivity index (χ1n) is 8.76. The Balaban J connectivity index is 2.48. The van der Waals surface area contributed by atoms with E-state index in [1.807, 2.05) is 0 Å². The van der Waals surface area contributed by atoms with Crippen LogP contribution in [0.1, 0.15) is 72.3 Å². The van der Waals surface area contributed by atoms with E-state index in [0.717, 1.165) is 29.1 Å². The zero-order valence-corrected chi connectivity index (χ0v) is 16.1. The van der Waals surface area contributed by atoms with Crippen molar-refractivity contribution in [1.82, 2.24) is 0 Å². The van der Waals surface area contributed by atoms with Gasteiger partial charge >= 0.3 is 0 Å². The highest BCUT2D eigenvalue weighted by Crippen LogP contribution is 2.43. The van der Waals surface area contributed by atoms with Gasteiger partial charge in [-0.1, -0.05) is 33.3 Å². The second kappa shape index (κ2) is 7.12. The molecule has 0 saturated heterocycles. The van der Waals surface area contributed by atoms with E-state index >= 15 is 0 Å². The van der Waals surface area contributed by atoms with Crippen LogP contribution in [-0.4, -0.2) is 0 Å². The van der Waals surface area contributed by atoms with Crippen molar-refractivity contribution in [2.75, 3.05) is 11.5 Å². The molecule has 4 N–H and O–H groups in total. The van der Waals surface area contributed by atoms with E-state index in [-0.39, 0.29) is 0 Å². The summed E-state index contributed by atoms with van der Waals surface area (Å²) in [4.78, 5) is 0. The fraction of sp³-hybridized carbons (Fsp3) is 0.600. The summed E-state index contributed by atoms with van der Waals surface area (Å²) in [6.45, 7) is 11.6. The average molecular weight is 333 g/mol. The second-order valence-corrected chi connectivity index (χ2v) is 8.82. The molecule has 1 fully saturated rings. The largest absolute Gasteiger partial charge is 0.396 e. The number of nitrogens with two attached hydrogens (primary N) is 2. The molecule has 0 bridgehead atoms. The molecule has 0 radical (unpaired) electrons. The Bertz CT molecular complexity index is 614. The number of nitrogen functional groups attached to an aromatic ring is 2. The maximum absolute atomic E-state index is 6.16. The van der Waals surface area contributed by atoms with Crippen LogP contribution in [0.5, 0.6) is 0 Å². The third-order valence-electron chi connectivity index (χ3n) is 5.32. The van der Waals surface area contributed by atoms with Gasteiger partial charge in [-0.3, -0.25) is 0 Å². The molecule has 1 unspecified atom stereocenters. The number of hydrogen-bond donors (Lipinski definition) is 2. The van der Waals surface area contributed by atoms with Gasteiger partial charge in [-0.2, -0.15) is 0 Å². The first kappa shape index (κ1) is 18.1. The van der Waals surface area contributed by atoms with Crippen molar-refractivity contribution >= 4 is 28.1 Å². The van der Waals surface area contributed by atoms with Crippen LogP contribution in [0.25, 0.3) is 6.08 Å². The Labute approximate surface area is 145 Å². The number of thiophene rings is 1. The third kappa shape index (κ3) is 4.20. The summed E-state index contributed by atoms with van der Waals surface area (Å²) in [7, 11) is 0. The standard InChI is InChI=1S/C20H32N2S/c1-6-13(2)17-9-7-8-16(20(3,4)5)11-14(17)10-15-12-23-19(22)18(15)21/h10,12,16H,6-9,11,21-22H2,1-5H3/b14-10?,17-13-. The van der Waals surface area contributed by atoms with Crippen molar-refractivity contribution in [2.45, 2.75) is 66.7 Å². The minimum Gasteiger partial charge on any atom is -0.396 e. The monoisotopic (exact) mass is 332 g/mol. The normalized spacial score (nSPS) is 23.9. The molecule has 1 atom stereocenters. The molecule has 2 rings (SSSR count). The summed E-state index contributed by atoms with van der Waals surface area (Å²) in [5.41, 5.74) is 18.8. The third-order valence-corrected chi connectivity index (χ3v) is 6.17. The molecule has 128 valence electrons. The van der Waals surface area contributed by atoms with Gasteiger partial charge in [-0.05, 0) is 67.6 Å². The maximum Gasteiger partial charge on any atom is 0.110 e. The molecular formula is C20H32N2S. The zero-order chi connectivity index (χ0) is 17.2. The number of anilines is 2. The smallest absolute Gasteiger partial charge is 0.110 e. The molecule has 1 aliphatic carbocycles. The van der Waals surface area contributed by atoms with Crippen LogP contribution in [0.15, 0.2) is 22.1 Å². The molecule has 0 aromatic carbocycles. The fourth-order valence-corrected chi connectivity index (χ4v) is 4.15. The molecule has 1 heterocycles. The molecule has 1 saturated carbocycles. The number of rotatable bonds is 2. The Morgan fingerprint density at radius 1 is 1.35 bits per heavy atom. The van der Waals surface area contributed by atoms with E-state index in [4.69, 9.17) is 11.5 Å². The molecular weight excluding hydrogens is 300 g/mol. The summed E-state index contributed by atoms with van der Waals surface area (Å²) in [5, 5.41) is 2.82. The first-order valence-corrected chi connectivity index (χ1v) is 9.64. The minimum absolute atomic E-state index is 0.341. The lowest BCUT2D eigenvalue weighted by atomic mass is 9.75. The van der Waals surface area contributed by atoms with Gasteiger partial charge in [0.25, 0.3) is 0 Å². The van der Waals surface area contributed by atoms with E-state index < -0.39 is 0 Å². The molecule has 1 aromatic heterocycles. The molecule has 2 nitrogen and oxygen atoms in total. The SMILES string of the molecule is CC/C(C)=C1/CCCC(C(C)(C)C)CC1=Cc1csc(N)c1N. The summed E-state index contributed by atoms with van der Waals surface area (Å²) < 4.78 is 0. The van der Waals surface area contributed by atoms with Gasteiger partial charge in [0, 0.05) is 10.9 Å². The highest BCUT2D eigenvalue weighted by atomic mass is 32.1. The van der Waals surface area contributed by atoms with Crippen molar-refractivity contribution in [1.29, 1.82) is 0 Å². The molecule has 0 aliphatic heterocycles. The Morgan fingerprint density at radius 2 is 2.04 bits per heavy atom. The first-order chi connectivity index (χ1) is 10.7. The molecule has 3 heteroatoms. The Kier molecular flexibility index (Phi) is 5.61. The van der Waals surface area contributed by atoms with Gasteiger partial charge < -0.3 is 11.5 Å². The number of hydrogen-bond acceptors (Lipinski definition) is 3. The average Bonchev–Trinajstić information content (AvgIpc) is 2.69. The van der Waals surface area contributed by atoms with E-state index in [0.29, 0.717) is 11.3 Å². The highest BCUT2D eigenvalue weighted by molar-refractivity contribution is 7.14. The van der Waals surface area contributed by atoms with Gasteiger partial charge in [0.2, 0.25) is 0 Å². The van der Waals surface area contributed by atoms with E-state index in [1.165, 1.54) is 41.7 Å². The van der Waals surface area contributed by atoms with Crippen LogP contribution in [0, 0.1) is 11.3 Å². The second-order valence-electron chi connectivity index (χ2n) is 7.91. The lowest BCUT2D eigenvalue weighted by molar-refractivity contribution is 0.226. The predicted octanol–water partition coefficient (Wildman–Crippen LogP) is 6.26. The molecule has 1 aromatic rings. The van der Waals surface area contributed by atoms with Gasteiger partial charge in [-0.15, -0.1) is 11.3 Å². The van der Waals surface area contributed by atoms with Crippen molar-refractivity contribution in [2.24, 2.45) is 11.3 Å². The summed E-state index contributed by atoms with van der Waals surface area (Å²) in [6, 6.07) is 0. The van der Waals surface area contributed by atoms with Crippen molar-refractivity contribution in [3.8, 4) is 0 Å². The van der Waals surface area contributed by atoms with Crippen molar-refractivity contribution in [3.63, 3.8) is 0 Å². The topological polar surface area (TPSA) is 52.0 Å². The van der Waals surface area contributed by atoms with Crippen molar-refractivity contribution < 1.29 is 0 Å². The summed E-state index contributed by atoms with van der Waals surface area (Å²) >= 11 is 1.54.